The minimum absolute atomic E-state index is 0.00127. The van der Waals surface area contributed by atoms with E-state index < -0.39 is 5.91 Å². The van der Waals surface area contributed by atoms with Crippen molar-refractivity contribution in [1.82, 2.24) is 14.6 Å². The van der Waals surface area contributed by atoms with Gasteiger partial charge in [0.05, 0.1) is 12.1 Å². The predicted octanol–water partition coefficient (Wildman–Crippen LogP) is 5.40. The van der Waals surface area contributed by atoms with Crippen LogP contribution in [0.1, 0.15) is 22.3 Å². The molecule has 1 N–H and O–H groups in total. The van der Waals surface area contributed by atoms with E-state index in [9.17, 15) is 4.79 Å². The van der Waals surface area contributed by atoms with Crippen molar-refractivity contribution in [2.24, 2.45) is 10.1 Å². The number of benzene rings is 2. The fourth-order valence-electron chi connectivity index (χ4n) is 4.61. The zero-order valence-electron chi connectivity index (χ0n) is 20.9. The first kappa shape index (κ1) is 23.9. The lowest BCUT2D eigenvalue weighted by molar-refractivity contribution is -0.114. The van der Waals surface area contributed by atoms with Crippen LogP contribution in [0.15, 0.2) is 88.9 Å². The van der Waals surface area contributed by atoms with Crippen molar-refractivity contribution in [2.75, 3.05) is 6.61 Å². The van der Waals surface area contributed by atoms with Gasteiger partial charge in [-0.2, -0.15) is 15.1 Å². The number of hydrazone groups is 1. The molecule has 0 saturated carbocycles. The fraction of sp³-hybridized carbons (Fsp3) is 0.138. The number of nitrogens with zero attached hydrogens (tertiary/aromatic N) is 5. The van der Waals surface area contributed by atoms with Crippen molar-refractivity contribution in [3.8, 4) is 5.75 Å². The molecule has 4 heterocycles. The number of aryl methyl sites for hydroxylation is 2. The Hall–Kier alpha value is -4.50. The van der Waals surface area contributed by atoms with E-state index in [1.165, 1.54) is 27.9 Å². The quantitative estimate of drug-likeness (QED) is 0.344. The topological polar surface area (TPSA) is 95.9 Å². The summed E-state index contributed by atoms with van der Waals surface area (Å²) in [4.78, 5) is 21.4. The maximum absolute atomic E-state index is 13.0. The number of rotatable bonds is 6. The van der Waals surface area contributed by atoms with Crippen LogP contribution in [0, 0.1) is 19.3 Å². The van der Waals surface area contributed by atoms with Gasteiger partial charge in [-0.25, -0.2) is 0 Å². The highest BCUT2D eigenvalue weighted by Gasteiger charge is 2.36. The second-order valence-corrected chi connectivity index (χ2v) is 10.1. The van der Waals surface area contributed by atoms with Crippen molar-refractivity contribution >= 4 is 50.7 Å². The summed E-state index contributed by atoms with van der Waals surface area (Å²) in [6.07, 6.45) is 7.11. The van der Waals surface area contributed by atoms with E-state index in [4.69, 9.17) is 10.1 Å². The molecule has 1 amide bonds. The highest BCUT2D eigenvalue weighted by atomic mass is 32.2. The second-order valence-electron chi connectivity index (χ2n) is 9.13. The lowest BCUT2D eigenvalue weighted by atomic mass is 10.1. The van der Waals surface area contributed by atoms with Gasteiger partial charge in [-0.15, -0.1) is 0 Å². The van der Waals surface area contributed by atoms with Gasteiger partial charge in [0.1, 0.15) is 17.4 Å². The molecule has 2 aromatic carbocycles. The van der Waals surface area contributed by atoms with Crippen LogP contribution in [0.3, 0.4) is 0 Å². The third kappa shape index (κ3) is 4.52. The number of carbonyl (C=O) groups is 1. The van der Waals surface area contributed by atoms with Gasteiger partial charge in [-0.05, 0) is 73.1 Å². The number of pyridine rings is 1. The number of fused-ring (bicyclic) bond motifs is 2. The van der Waals surface area contributed by atoms with Gasteiger partial charge in [-0.1, -0.05) is 24.3 Å². The van der Waals surface area contributed by atoms with Gasteiger partial charge < -0.3 is 9.30 Å². The summed E-state index contributed by atoms with van der Waals surface area (Å²) in [5, 5.41) is 16.7. The molecule has 0 unspecified atom stereocenters. The summed E-state index contributed by atoms with van der Waals surface area (Å²) in [6.45, 7) is 5.24. The average Bonchev–Trinajstić information content (AvgIpc) is 3.48. The van der Waals surface area contributed by atoms with Crippen LogP contribution in [0.2, 0.25) is 0 Å². The number of para-hydroxylation sites is 1. The van der Waals surface area contributed by atoms with E-state index in [2.05, 4.69) is 39.6 Å². The molecule has 4 aromatic rings. The molecule has 0 fully saturated rings. The molecule has 0 bridgehead atoms. The van der Waals surface area contributed by atoms with Gasteiger partial charge in [0, 0.05) is 40.6 Å². The fourth-order valence-corrected chi connectivity index (χ4v) is 5.49. The lowest BCUT2D eigenvalue weighted by Crippen LogP contribution is -2.35. The highest BCUT2D eigenvalue weighted by molar-refractivity contribution is 8.27. The number of carbonyl (C=O) groups excluding carboxylic acids is 1. The molecule has 8 nitrogen and oxygen atoms in total. The molecule has 0 radical (unpaired) electrons. The summed E-state index contributed by atoms with van der Waals surface area (Å²) >= 11 is 1.26. The number of ether oxygens (including phenoxy) is 1. The van der Waals surface area contributed by atoms with E-state index in [-0.39, 0.29) is 11.4 Å². The Morgan fingerprint density at radius 3 is 2.68 bits per heavy atom. The molecule has 0 saturated heterocycles. The maximum atomic E-state index is 13.0. The zero-order valence-corrected chi connectivity index (χ0v) is 21.7. The first-order valence-corrected chi connectivity index (χ1v) is 13.0. The summed E-state index contributed by atoms with van der Waals surface area (Å²) in [5.74, 6) is 0.402. The molecule has 2 aromatic heterocycles. The summed E-state index contributed by atoms with van der Waals surface area (Å²) in [5.41, 5.74) is 5.20. The Labute approximate surface area is 223 Å². The van der Waals surface area contributed by atoms with Gasteiger partial charge in [0.25, 0.3) is 5.91 Å². The lowest BCUT2D eigenvalue weighted by Gasteiger charge is -2.20. The first-order chi connectivity index (χ1) is 18.5. The standard InChI is InChI=1S/C29H24N6O2S/c1-18-12-19(2)14-22(13-18)37-11-10-34-17-21(23-7-3-4-8-25(23)34)15-24-26(30)35-29(32-27(24)36)38-28(33-35)20-6-5-9-31-16-20/h3-9,12-17,30H,10-11H2,1-2H3/b24-15+,30-26?. The average molecular weight is 521 g/mol. The molecule has 38 heavy (non-hydrogen) atoms. The van der Waals surface area contributed by atoms with Crippen LogP contribution in [0.25, 0.3) is 17.0 Å². The van der Waals surface area contributed by atoms with Crippen LogP contribution in [-0.4, -0.2) is 43.1 Å². The van der Waals surface area contributed by atoms with Crippen LogP contribution in [0.4, 0.5) is 0 Å². The molecular weight excluding hydrogens is 496 g/mol. The molecule has 6 rings (SSSR count). The van der Waals surface area contributed by atoms with E-state index >= 15 is 0 Å². The molecular formula is C29H24N6O2S. The highest BCUT2D eigenvalue weighted by Crippen LogP contribution is 2.32. The Bertz CT molecular complexity index is 1670. The monoisotopic (exact) mass is 520 g/mol. The van der Waals surface area contributed by atoms with Crippen molar-refractivity contribution < 1.29 is 9.53 Å². The molecule has 9 heteroatoms. The maximum Gasteiger partial charge on any atom is 0.283 e. The number of hydrogen-bond donors (Lipinski definition) is 1. The van der Waals surface area contributed by atoms with Crippen molar-refractivity contribution in [3.63, 3.8) is 0 Å². The molecule has 2 aliphatic heterocycles. The number of amides is 1. The molecule has 0 aliphatic carbocycles. The third-order valence-electron chi connectivity index (χ3n) is 6.28. The van der Waals surface area contributed by atoms with Crippen molar-refractivity contribution in [3.05, 3.63) is 101 Å². The number of thioether (sulfide) groups is 1. The number of aliphatic imine (C=N–C) groups is 1. The summed E-state index contributed by atoms with van der Waals surface area (Å²) < 4.78 is 8.15. The summed E-state index contributed by atoms with van der Waals surface area (Å²) in [6, 6.07) is 17.9. The smallest absolute Gasteiger partial charge is 0.283 e. The number of hydrogen-bond acceptors (Lipinski definition) is 6. The van der Waals surface area contributed by atoms with E-state index in [0.717, 1.165) is 27.8 Å². The van der Waals surface area contributed by atoms with Crippen LogP contribution in [-0.2, 0) is 11.3 Å². The Kier molecular flexibility index (Phi) is 6.13. The van der Waals surface area contributed by atoms with Crippen molar-refractivity contribution in [1.29, 1.82) is 5.41 Å². The second kappa shape index (κ2) is 9.75. The molecule has 0 spiro atoms. The zero-order chi connectivity index (χ0) is 26.2. The van der Waals surface area contributed by atoms with Gasteiger partial charge in [0.2, 0.25) is 5.17 Å². The molecule has 2 aliphatic rings. The normalized spacial score (nSPS) is 16.2. The van der Waals surface area contributed by atoms with Crippen LogP contribution < -0.4 is 4.74 Å². The number of nitrogens with one attached hydrogen (secondary N) is 1. The first-order valence-electron chi connectivity index (χ1n) is 12.2. The van der Waals surface area contributed by atoms with E-state index in [1.807, 2.05) is 54.7 Å². The molecule has 0 atom stereocenters. The number of amidine groups is 2. The Morgan fingerprint density at radius 2 is 1.89 bits per heavy atom. The third-order valence-corrected chi connectivity index (χ3v) is 7.24. The Morgan fingerprint density at radius 1 is 1.08 bits per heavy atom. The van der Waals surface area contributed by atoms with Crippen LogP contribution in [0.5, 0.6) is 5.75 Å². The SMILES string of the molecule is Cc1cc(C)cc(OCCn2cc(/C=C3\C(=N)N4N=C(c5cccnc5)SC4=NC3=O)c3ccccc32)c1. The summed E-state index contributed by atoms with van der Waals surface area (Å²) in [7, 11) is 0. The predicted molar refractivity (Wildman–Crippen MR) is 152 cm³/mol. The number of aromatic nitrogens is 2. The Balaban J connectivity index is 1.28. The van der Waals surface area contributed by atoms with Gasteiger partial charge in [0.15, 0.2) is 5.84 Å². The van der Waals surface area contributed by atoms with E-state index in [0.29, 0.717) is 23.4 Å². The minimum Gasteiger partial charge on any atom is -0.492 e. The minimum atomic E-state index is -0.452. The van der Waals surface area contributed by atoms with Crippen molar-refractivity contribution in [2.45, 2.75) is 20.4 Å². The van der Waals surface area contributed by atoms with Gasteiger partial charge >= 0.3 is 0 Å². The van der Waals surface area contributed by atoms with E-state index in [1.54, 1.807) is 18.5 Å². The molecule has 188 valence electrons. The van der Waals surface area contributed by atoms with Crippen LogP contribution >= 0.6 is 11.8 Å². The largest absolute Gasteiger partial charge is 0.492 e. The van der Waals surface area contributed by atoms with Gasteiger partial charge in [-0.3, -0.25) is 15.2 Å².